The third kappa shape index (κ3) is 4.27. The van der Waals surface area contributed by atoms with Crippen molar-refractivity contribution in [2.75, 3.05) is 49.5 Å². The molecular weight excluding hydrogens is 434 g/mol. The first-order chi connectivity index (χ1) is 15.9. The Balaban J connectivity index is 1.28. The highest BCUT2D eigenvalue weighted by Crippen LogP contribution is 2.33. The molecule has 0 aliphatic carbocycles. The van der Waals surface area contributed by atoms with Crippen molar-refractivity contribution in [3.8, 4) is 0 Å². The van der Waals surface area contributed by atoms with Gasteiger partial charge in [0.2, 0.25) is 11.8 Å². The molecule has 0 radical (unpaired) electrons. The van der Waals surface area contributed by atoms with E-state index in [4.69, 9.17) is 5.73 Å². The van der Waals surface area contributed by atoms with Gasteiger partial charge in [-0.3, -0.25) is 19.9 Å². The van der Waals surface area contributed by atoms with Gasteiger partial charge in [0, 0.05) is 45.2 Å². The smallest absolute Gasteiger partial charge is 0.233 e. The van der Waals surface area contributed by atoms with Gasteiger partial charge in [-0.05, 0) is 19.3 Å². The fourth-order valence-corrected chi connectivity index (χ4v) is 5.18. The number of nitrogens with one attached hydrogen (secondary N) is 3. The van der Waals surface area contributed by atoms with Crippen LogP contribution in [0.4, 0.5) is 20.2 Å². The molecule has 0 saturated carbocycles. The summed E-state index contributed by atoms with van der Waals surface area (Å²) in [6.07, 6.45) is 2.64. The Hall–Kier alpha value is -2.41. The van der Waals surface area contributed by atoms with E-state index >= 15 is 0 Å². The van der Waals surface area contributed by atoms with Crippen LogP contribution in [0.15, 0.2) is 12.4 Å². The molecule has 1 aromatic rings. The number of nitrogens with two attached hydrogens (primary N) is 1. The average Bonchev–Trinajstić information content (AvgIpc) is 3.07. The van der Waals surface area contributed by atoms with Crippen molar-refractivity contribution in [2.24, 2.45) is 17.6 Å². The Morgan fingerprint density at radius 2 is 1.94 bits per heavy atom. The second-order valence-electron chi connectivity index (χ2n) is 9.23. The zero-order valence-corrected chi connectivity index (χ0v) is 18.3. The number of hydrogen-bond donors (Lipinski definition) is 4. The molecular formula is C21H30F2N8O2. The molecule has 12 heteroatoms. The topological polar surface area (TPSA) is 119 Å². The molecule has 0 spiro atoms. The molecule has 10 nitrogen and oxygen atoms in total. The van der Waals surface area contributed by atoms with Crippen LogP contribution < -0.4 is 26.7 Å². The Kier molecular flexibility index (Phi) is 6.16. The normalized spacial score (nSPS) is 30.6. The van der Waals surface area contributed by atoms with Crippen LogP contribution in [0, 0.1) is 17.7 Å². The van der Waals surface area contributed by atoms with E-state index in [9.17, 15) is 18.4 Å². The van der Waals surface area contributed by atoms with Crippen LogP contribution in [-0.2, 0) is 9.59 Å². The van der Waals surface area contributed by atoms with Gasteiger partial charge in [-0.1, -0.05) is 0 Å². The average molecular weight is 465 g/mol. The summed E-state index contributed by atoms with van der Waals surface area (Å²) in [7, 11) is 0. The lowest BCUT2D eigenvalue weighted by molar-refractivity contribution is -0.139. The molecule has 1 aromatic heterocycles. The third-order valence-electron chi connectivity index (χ3n) is 7.08. The van der Waals surface area contributed by atoms with E-state index in [0.29, 0.717) is 25.9 Å². The molecule has 4 aliphatic rings. The molecule has 5 heterocycles. The van der Waals surface area contributed by atoms with E-state index < -0.39 is 36.1 Å². The van der Waals surface area contributed by atoms with Gasteiger partial charge < -0.3 is 20.9 Å². The number of hydrazine groups is 1. The van der Waals surface area contributed by atoms with Crippen molar-refractivity contribution in [3.05, 3.63) is 18.2 Å². The minimum Gasteiger partial charge on any atom is -0.367 e. The van der Waals surface area contributed by atoms with Gasteiger partial charge in [0.15, 0.2) is 5.82 Å². The minimum atomic E-state index is -1.06. The third-order valence-corrected chi connectivity index (χ3v) is 7.08. The lowest BCUT2D eigenvalue weighted by Gasteiger charge is -2.39. The van der Waals surface area contributed by atoms with E-state index in [1.807, 2.05) is 9.80 Å². The maximum atomic E-state index is 14.9. The van der Waals surface area contributed by atoms with Gasteiger partial charge in [-0.15, -0.1) is 0 Å². The first kappa shape index (κ1) is 22.4. The van der Waals surface area contributed by atoms with Crippen molar-refractivity contribution < 1.29 is 18.4 Å². The summed E-state index contributed by atoms with van der Waals surface area (Å²) in [5.74, 6) is -1.49. The number of alkyl halides is 1. The second kappa shape index (κ2) is 9.09. The highest BCUT2D eigenvalue weighted by molar-refractivity contribution is 5.96. The molecule has 0 bridgehead atoms. The maximum Gasteiger partial charge on any atom is 0.233 e. The molecule has 4 saturated heterocycles. The Bertz CT molecular complexity index is 908. The summed E-state index contributed by atoms with van der Waals surface area (Å²) in [6, 6.07) is 0. The van der Waals surface area contributed by atoms with Crippen molar-refractivity contribution in [1.82, 2.24) is 25.6 Å². The van der Waals surface area contributed by atoms with Gasteiger partial charge in [0.05, 0.1) is 36.3 Å². The van der Waals surface area contributed by atoms with Crippen molar-refractivity contribution in [1.29, 1.82) is 0 Å². The molecule has 0 aromatic carbocycles. The summed E-state index contributed by atoms with van der Waals surface area (Å²) in [4.78, 5) is 33.3. The van der Waals surface area contributed by atoms with E-state index in [1.54, 1.807) is 5.01 Å². The lowest BCUT2D eigenvalue weighted by Crippen LogP contribution is -2.58. The van der Waals surface area contributed by atoms with Gasteiger partial charge in [-0.25, -0.2) is 19.2 Å². The Morgan fingerprint density at radius 3 is 2.64 bits per heavy atom. The minimum absolute atomic E-state index is 0.0465. The van der Waals surface area contributed by atoms with E-state index in [2.05, 4.69) is 21.0 Å². The largest absolute Gasteiger partial charge is 0.367 e. The number of halogens is 2. The molecule has 33 heavy (non-hydrogen) atoms. The van der Waals surface area contributed by atoms with Crippen LogP contribution in [-0.4, -0.2) is 84.5 Å². The number of fused-ring (bicyclic) bond motifs is 1. The number of carbonyl (C=O) groups excluding carboxylic acids is 2. The highest BCUT2D eigenvalue weighted by Gasteiger charge is 2.47. The summed E-state index contributed by atoms with van der Waals surface area (Å²) < 4.78 is 28.6. The van der Waals surface area contributed by atoms with Crippen molar-refractivity contribution in [3.63, 3.8) is 0 Å². The molecule has 4 atom stereocenters. The standard InChI is InChI=1S/C21H30F2N8O2/c22-13-8-26-19-16(18(24)28-31(19)11-13)20(32)27-15-10-25-9-14(23)17(15)29-6-2-12(3-7-29)21(33)30-4-1-5-30/h9-10,12-13,16,18-19,26,28H,1-8,11,24H2,(H,27,32). The number of aromatic nitrogens is 1. The van der Waals surface area contributed by atoms with Crippen molar-refractivity contribution in [2.45, 2.75) is 37.8 Å². The Labute approximate surface area is 190 Å². The summed E-state index contributed by atoms with van der Waals surface area (Å²) in [5, 5.41) is 7.41. The SMILES string of the molecule is NC1NN2CC(F)CNC2C1C(=O)Nc1cncc(F)c1N1CCC(C(=O)N2CCC2)CC1. The van der Waals surface area contributed by atoms with Crippen LogP contribution in [0.5, 0.6) is 0 Å². The van der Waals surface area contributed by atoms with Crippen LogP contribution in [0.1, 0.15) is 19.3 Å². The highest BCUT2D eigenvalue weighted by atomic mass is 19.1. The molecule has 5 N–H and O–H groups in total. The number of nitrogens with zero attached hydrogens (tertiary/aromatic N) is 4. The van der Waals surface area contributed by atoms with E-state index in [-0.39, 0.29) is 36.3 Å². The fourth-order valence-electron chi connectivity index (χ4n) is 5.18. The predicted molar refractivity (Wildman–Crippen MR) is 117 cm³/mol. The van der Waals surface area contributed by atoms with E-state index in [0.717, 1.165) is 25.7 Å². The van der Waals surface area contributed by atoms with Crippen LogP contribution in [0.3, 0.4) is 0 Å². The number of rotatable bonds is 4. The number of carbonyl (C=O) groups is 2. The van der Waals surface area contributed by atoms with Crippen LogP contribution >= 0.6 is 0 Å². The number of amides is 2. The zero-order valence-electron chi connectivity index (χ0n) is 18.3. The molecule has 2 amide bonds. The Morgan fingerprint density at radius 1 is 1.18 bits per heavy atom. The summed E-state index contributed by atoms with van der Waals surface area (Å²) in [6.45, 7) is 2.93. The quantitative estimate of drug-likeness (QED) is 0.475. The van der Waals surface area contributed by atoms with Gasteiger partial charge in [0.1, 0.15) is 11.9 Å². The number of anilines is 2. The number of piperidine rings is 1. The molecule has 5 rings (SSSR count). The zero-order chi connectivity index (χ0) is 23.1. The monoisotopic (exact) mass is 464 g/mol. The molecule has 4 fully saturated rings. The van der Waals surface area contributed by atoms with Crippen molar-refractivity contribution >= 4 is 23.2 Å². The van der Waals surface area contributed by atoms with Crippen LogP contribution in [0.25, 0.3) is 0 Å². The van der Waals surface area contributed by atoms with Gasteiger partial charge in [0.25, 0.3) is 0 Å². The summed E-state index contributed by atoms with van der Waals surface area (Å²) >= 11 is 0. The second-order valence-corrected chi connectivity index (χ2v) is 9.23. The molecule has 4 aliphatic heterocycles. The van der Waals surface area contributed by atoms with E-state index in [1.165, 1.54) is 6.20 Å². The molecule has 180 valence electrons. The number of hydrogen-bond acceptors (Lipinski definition) is 8. The molecule has 4 unspecified atom stereocenters. The fraction of sp³-hybridized carbons (Fsp3) is 0.667. The summed E-state index contributed by atoms with van der Waals surface area (Å²) in [5.41, 5.74) is 9.59. The maximum absolute atomic E-state index is 14.9. The van der Waals surface area contributed by atoms with Gasteiger partial charge >= 0.3 is 0 Å². The first-order valence-corrected chi connectivity index (χ1v) is 11.6. The lowest BCUT2D eigenvalue weighted by atomic mass is 9.93. The number of likely N-dealkylation sites (tertiary alicyclic amines) is 1. The first-order valence-electron chi connectivity index (χ1n) is 11.6. The number of pyridine rings is 1. The van der Waals surface area contributed by atoms with Crippen LogP contribution in [0.2, 0.25) is 0 Å². The van der Waals surface area contributed by atoms with Gasteiger partial charge in [-0.2, -0.15) is 0 Å². The predicted octanol–water partition coefficient (Wildman–Crippen LogP) is -0.403.